The van der Waals surface area contributed by atoms with Gasteiger partial charge in [-0.05, 0) is 24.6 Å². The quantitative estimate of drug-likeness (QED) is 0.776. The fraction of sp³-hybridized carbons (Fsp3) is 0.455. The molecule has 0 aromatic heterocycles. The highest BCUT2D eigenvalue weighted by atomic mass is 16.5. The molecule has 1 atom stereocenters. The van der Waals surface area contributed by atoms with Crippen molar-refractivity contribution in [2.24, 2.45) is 0 Å². The lowest BCUT2D eigenvalue weighted by Gasteiger charge is -2.14. The zero-order valence-electron chi connectivity index (χ0n) is 8.93. The second-order valence-corrected chi connectivity index (χ2v) is 3.17. The van der Waals surface area contributed by atoms with Crippen molar-refractivity contribution >= 4 is 0 Å². The van der Waals surface area contributed by atoms with Crippen LogP contribution in [0.5, 0.6) is 11.5 Å². The van der Waals surface area contributed by atoms with Crippen LogP contribution in [0.1, 0.15) is 18.6 Å². The van der Waals surface area contributed by atoms with Gasteiger partial charge < -0.3 is 19.7 Å². The molecule has 0 aliphatic rings. The van der Waals surface area contributed by atoms with Crippen LogP contribution in [0.15, 0.2) is 18.2 Å². The third-order valence-electron chi connectivity index (χ3n) is 2.13. The monoisotopic (exact) mass is 212 g/mol. The van der Waals surface area contributed by atoms with Crippen LogP contribution in [-0.4, -0.2) is 30.5 Å². The van der Waals surface area contributed by atoms with Gasteiger partial charge in [-0.3, -0.25) is 0 Å². The molecule has 0 radical (unpaired) electrons. The molecule has 0 aliphatic heterocycles. The Bertz CT molecular complexity index is 311. The lowest BCUT2D eigenvalue weighted by Crippen LogP contribution is -2.04. The first-order chi connectivity index (χ1) is 7.19. The Hall–Kier alpha value is -1.26. The first-order valence-corrected chi connectivity index (χ1v) is 4.78. The number of phenolic OH excluding ortho intramolecular Hbond substituents is 1. The molecule has 0 bridgehead atoms. The highest BCUT2D eigenvalue weighted by Gasteiger charge is 2.09. The van der Waals surface area contributed by atoms with Gasteiger partial charge in [0.1, 0.15) is 0 Å². The molecule has 0 saturated carbocycles. The minimum atomic E-state index is -0.133. The van der Waals surface area contributed by atoms with E-state index in [4.69, 9.17) is 14.6 Å². The first kappa shape index (κ1) is 11.8. The molecule has 0 saturated heterocycles. The van der Waals surface area contributed by atoms with E-state index in [1.165, 1.54) is 7.11 Å². The second-order valence-electron chi connectivity index (χ2n) is 3.17. The maximum absolute atomic E-state index is 9.39. The Labute approximate surface area is 89.1 Å². The van der Waals surface area contributed by atoms with Gasteiger partial charge in [-0.2, -0.15) is 0 Å². The average molecular weight is 212 g/mol. The van der Waals surface area contributed by atoms with E-state index in [0.29, 0.717) is 12.4 Å². The molecular weight excluding hydrogens is 196 g/mol. The summed E-state index contributed by atoms with van der Waals surface area (Å²) in [5.41, 5.74) is 0.901. The summed E-state index contributed by atoms with van der Waals surface area (Å²) in [4.78, 5) is 0. The van der Waals surface area contributed by atoms with E-state index in [0.717, 1.165) is 5.56 Å². The normalized spacial score (nSPS) is 12.5. The van der Waals surface area contributed by atoms with Crippen molar-refractivity contribution in [2.75, 3.05) is 20.3 Å². The van der Waals surface area contributed by atoms with E-state index in [1.54, 1.807) is 18.2 Å². The summed E-state index contributed by atoms with van der Waals surface area (Å²) in [5, 5.41) is 18.0. The molecule has 0 aliphatic carbocycles. The number of aliphatic hydroxyl groups excluding tert-OH is 1. The lowest BCUT2D eigenvalue weighted by atomic mass is 10.1. The highest BCUT2D eigenvalue weighted by molar-refractivity contribution is 5.42. The Balaban J connectivity index is 2.76. The predicted molar refractivity (Wildman–Crippen MR) is 56.1 cm³/mol. The minimum absolute atomic E-state index is 0.000438. The Kier molecular flexibility index (Phi) is 4.39. The topological polar surface area (TPSA) is 58.9 Å². The van der Waals surface area contributed by atoms with Gasteiger partial charge in [0.05, 0.1) is 26.4 Å². The third kappa shape index (κ3) is 3.11. The van der Waals surface area contributed by atoms with Crippen molar-refractivity contribution in [1.29, 1.82) is 0 Å². The molecule has 2 N–H and O–H groups in total. The molecule has 0 amide bonds. The lowest BCUT2D eigenvalue weighted by molar-refractivity contribution is 0.0384. The number of hydrogen-bond acceptors (Lipinski definition) is 4. The Morgan fingerprint density at radius 2 is 2.13 bits per heavy atom. The number of benzene rings is 1. The van der Waals surface area contributed by atoms with E-state index in [-0.39, 0.29) is 18.5 Å². The van der Waals surface area contributed by atoms with Crippen molar-refractivity contribution in [3.05, 3.63) is 23.8 Å². The maximum atomic E-state index is 9.39. The number of phenols is 1. The fourth-order valence-electron chi connectivity index (χ4n) is 1.27. The molecule has 84 valence electrons. The molecule has 0 heterocycles. The molecule has 4 nitrogen and oxygen atoms in total. The zero-order valence-corrected chi connectivity index (χ0v) is 8.93. The number of methoxy groups -OCH3 is 1. The number of rotatable bonds is 5. The van der Waals surface area contributed by atoms with Gasteiger partial charge in [0, 0.05) is 0 Å². The molecule has 1 rings (SSSR count). The van der Waals surface area contributed by atoms with Crippen LogP contribution >= 0.6 is 0 Å². The summed E-state index contributed by atoms with van der Waals surface area (Å²) in [7, 11) is 1.50. The van der Waals surface area contributed by atoms with Crippen molar-refractivity contribution in [1.82, 2.24) is 0 Å². The van der Waals surface area contributed by atoms with Gasteiger partial charge in [0.15, 0.2) is 11.5 Å². The van der Waals surface area contributed by atoms with Crippen LogP contribution in [-0.2, 0) is 4.74 Å². The van der Waals surface area contributed by atoms with Gasteiger partial charge in [0.25, 0.3) is 0 Å². The summed E-state index contributed by atoms with van der Waals surface area (Å²) >= 11 is 0. The van der Waals surface area contributed by atoms with Crippen molar-refractivity contribution in [2.45, 2.75) is 13.0 Å². The highest BCUT2D eigenvalue weighted by Crippen LogP contribution is 2.29. The van der Waals surface area contributed by atoms with Crippen LogP contribution in [0.3, 0.4) is 0 Å². The van der Waals surface area contributed by atoms with Crippen molar-refractivity contribution in [3.8, 4) is 11.5 Å². The van der Waals surface area contributed by atoms with Gasteiger partial charge in [-0.25, -0.2) is 0 Å². The van der Waals surface area contributed by atoms with E-state index < -0.39 is 0 Å². The van der Waals surface area contributed by atoms with Gasteiger partial charge in [-0.15, -0.1) is 0 Å². The fourth-order valence-corrected chi connectivity index (χ4v) is 1.27. The summed E-state index contributed by atoms with van der Waals surface area (Å²) < 4.78 is 10.3. The Morgan fingerprint density at radius 1 is 1.40 bits per heavy atom. The van der Waals surface area contributed by atoms with E-state index in [1.807, 2.05) is 6.92 Å². The molecule has 0 spiro atoms. The van der Waals surface area contributed by atoms with E-state index in [9.17, 15) is 5.11 Å². The molecule has 1 unspecified atom stereocenters. The Morgan fingerprint density at radius 3 is 2.73 bits per heavy atom. The predicted octanol–water partition coefficient (Wildman–Crippen LogP) is 1.47. The SMILES string of the molecule is COc1cc(C(C)OCCO)ccc1O. The van der Waals surface area contributed by atoms with Gasteiger partial charge >= 0.3 is 0 Å². The van der Waals surface area contributed by atoms with Crippen LogP contribution in [0, 0.1) is 0 Å². The van der Waals surface area contributed by atoms with E-state index >= 15 is 0 Å². The zero-order chi connectivity index (χ0) is 11.3. The number of hydrogen-bond donors (Lipinski definition) is 2. The third-order valence-corrected chi connectivity index (χ3v) is 2.13. The molecule has 0 fully saturated rings. The molecular formula is C11H16O4. The van der Waals surface area contributed by atoms with Crippen LogP contribution in [0.25, 0.3) is 0 Å². The standard InChI is InChI=1S/C11H16O4/c1-8(15-6-5-12)9-3-4-10(13)11(7-9)14-2/h3-4,7-8,12-13H,5-6H2,1-2H3. The first-order valence-electron chi connectivity index (χ1n) is 4.78. The van der Waals surface area contributed by atoms with Crippen LogP contribution in [0.2, 0.25) is 0 Å². The summed E-state index contributed by atoms with van der Waals surface area (Å²) in [6.45, 7) is 2.17. The average Bonchev–Trinajstić information content (AvgIpc) is 2.26. The minimum Gasteiger partial charge on any atom is -0.504 e. The summed E-state index contributed by atoms with van der Waals surface area (Å²) in [5.74, 6) is 0.530. The van der Waals surface area contributed by atoms with Crippen LogP contribution < -0.4 is 4.74 Å². The molecule has 4 heteroatoms. The van der Waals surface area contributed by atoms with Crippen molar-refractivity contribution in [3.63, 3.8) is 0 Å². The summed E-state index contributed by atoms with van der Waals surface area (Å²) in [6.07, 6.45) is -0.133. The van der Waals surface area contributed by atoms with E-state index in [2.05, 4.69) is 0 Å². The molecule has 1 aromatic carbocycles. The number of aromatic hydroxyl groups is 1. The largest absolute Gasteiger partial charge is 0.504 e. The van der Waals surface area contributed by atoms with Crippen molar-refractivity contribution < 1.29 is 19.7 Å². The molecule has 15 heavy (non-hydrogen) atoms. The number of aliphatic hydroxyl groups is 1. The number of ether oxygens (including phenoxy) is 2. The van der Waals surface area contributed by atoms with Crippen LogP contribution in [0.4, 0.5) is 0 Å². The second kappa shape index (κ2) is 5.58. The van der Waals surface area contributed by atoms with Gasteiger partial charge in [0.2, 0.25) is 0 Å². The summed E-state index contributed by atoms with van der Waals surface area (Å²) in [6, 6.07) is 5.05. The smallest absolute Gasteiger partial charge is 0.160 e. The molecule has 1 aromatic rings. The maximum Gasteiger partial charge on any atom is 0.160 e. The van der Waals surface area contributed by atoms with Gasteiger partial charge in [-0.1, -0.05) is 6.07 Å².